The zero-order valence-electron chi connectivity index (χ0n) is 19.2. The van der Waals surface area contributed by atoms with Crippen LogP contribution in [0.4, 0.5) is 26.3 Å². The average Bonchev–Trinajstić information content (AvgIpc) is 2.81. The second-order valence-electron chi connectivity index (χ2n) is 9.08. The number of hydrogen-bond donors (Lipinski definition) is 0. The molecule has 1 saturated carbocycles. The number of fused-ring (bicyclic) bond motifs is 3. The maximum atomic E-state index is 15.2. The molecule has 2 aromatic carbocycles. The molecule has 2 unspecified atom stereocenters. The minimum Gasteiger partial charge on any atom is -0.491 e. The molecule has 0 aromatic heterocycles. The van der Waals surface area contributed by atoms with Gasteiger partial charge in [0.1, 0.15) is 0 Å². The molecule has 2 nitrogen and oxygen atoms in total. The van der Waals surface area contributed by atoms with Gasteiger partial charge >= 0.3 is 6.11 Å². The first-order chi connectivity index (χ1) is 16.2. The summed E-state index contributed by atoms with van der Waals surface area (Å²) in [5.74, 6) is -4.23. The van der Waals surface area contributed by atoms with Crippen LogP contribution in [0.5, 0.6) is 11.5 Å². The molecule has 0 radical (unpaired) electrons. The first-order valence-electron chi connectivity index (χ1n) is 11.8. The quantitative estimate of drug-likeness (QED) is 0.365. The van der Waals surface area contributed by atoms with Crippen molar-refractivity contribution in [3.63, 3.8) is 0 Å². The highest BCUT2D eigenvalue weighted by molar-refractivity contribution is 5.76. The van der Waals surface area contributed by atoms with Gasteiger partial charge in [0.25, 0.3) is 0 Å². The van der Waals surface area contributed by atoms with Crippen molar-refractivity contribution >= 4 is 0 Å². The van der Waals surface area contributed by atoms with E-state index in [9.17, 15) is 17.6 Å². The van der Waals surface area contributed by atoms with E-state index in [4.69, 9.17) is 9.47 Å². The van der Waals surface area contributed by atoms with Crippen LogP contribution in [0.3, 0.4) is 0 Å². The largest absolute Gasteiger partial charge is 0.491 e. The van der Waals surface area contributed by atoms with E-state index in [1.165, 1.54) is 18.2 Å². The van der Waals surface area contributed by atoms with E-state index in [1.807, 2.05) is 6.92 Å². The topological polar surface area (TPSA) is 18.5 Å². The Hall–Kier alpha value is -2.38. The third-order valence-corrected chi connectivity index (χ3v) is 6.95. The van der Waals surface area contributed by atoms with E-state index in [-0.39, 0.29) is 36.3 Å². The molecule has 2 atom stereocenters. The molecule has 0 saturated heterocycles. The predicted molar refractivity (Wildman–Crippen MR) is 117 cm³/mol. The molecule has 34 heavy (non-hydrogen) atoms. The second kappa shape index (κ2) is 9.70. The summed E-state index contributed by atoms with van der Waals surface area (Å²) in [6, 6.07) is 4.69. The summed E-state index contributed by atoms with van der Waals surface area (Å²) in [5, 5.41) is 0. The highest BCUT2D eigenvalue weighted by Gasteiger charge is 2.46. The molecule has 2 aromatic rings. The SMILES string of the molecule is CCCC1CCC(C(F)(F)Oc2ccc3c(c2F)C(F)C(F)c2c-3ccc(OCC)c2F)CC1. The second-order valence-corrected chi connectivity index (χ2v) is 9.08. The number of alkyl halides is 4. The summed E-state index contributed by atoms with van der Waals surface area (Å²) >= 11 is 0. The van der Waals surface area contributed by atoms with Gasteiger partial charge < -0.3 is 9.47 Å². The Kier molecular flexibility index (Phi) is 7.06. The molecule has 0 spiro atoms. The molecule has 2 aliphatic carbocycles. The minimum absolute atomic E-state index is 0.0520. The van der Waals surface area contributed by atoms with Crippen molar-refractivity contribution in [2.45, 2.75) is 70.8 Å². The molecule has 0 heterocycles. The summed E-state index contributed by atoms with van der Waals surface area (Å²) < 4.78 is 99.7. The van der Waals surface area contributed by atoms with E-state index in [1.54, 1.807) is 6.92 Å². The van der Waals surface area contributed by atoms with Crippen LogP contribution < -0.4 is 9.47 Å². The molecule has 8 heteroatoms. The fraction of sp³-hybridized carbons (Fsp3) is 0.538. The predicted octanol–water partition coefficient (Wildman–Crippen LogP) is 8.64. The van der Waals surface area contributed by atoms with Crippen LogP contribution in [-0.2, 0) is 0 Å². The van der Waals surface area contributed by atoms with E-state index in [2.05, 4.69) is 0 Å². The summed E-state index contributed by atoms with van der Waals surface area (Å²) in [5.41, 5.74) is -1.48. The number of hydrogen-bond acceptors (Lipinski definition) is 2. The van der Waals surface area contributed by atoms with Crippen molar-refractivity contribution in [3.05, 3.63) is 47.0 Å². The van der Waals surface area contributed by atoms with Crippen LogP contribution in [0.2, 0.25) is 0 Å². The van der Waals surface area contributed by atoms with Crippen molar-refractivity contribution in [1.29, 1.82) is 0 Å². The highest BCUT2D eigenvalue weighted by Crippen LogP contribution is 2.53. The lowest BCUT2D eigenvalue weighted by molar-refractivity contribution is -0.224. The molecule has 0 bridgehead atoms. The standard InChI is InChI=1S/C26H28F6O2/c1-3-5-14-6-8-15(9-7-14)26(31,32)34-19-13-11-17-16-10-12-18(33-4-2)22(27)20(16)24(29)25(30)21(17)23(19)28/h10-15,24-25H,3-9H2,1-2H3. The zero-order valence-corrected chi connectivity index (χ0v) is 19.2. The van der Waals surface area contributed by atoms with Gasteiger partial charge in [-0.25, -0.2) is 17.6 Å². The fourth-order valence-corrected chi connectivity index (χ4v) is 5.22. The third kappa shape index (κ3) is 4.36. The minimum atomic E-state index is -3.65. The number of ether oxygens (including phenoxy) is 2. The van der Waals surface area contributed by atoms with Gasteiger partial charge in [-0.3, -0.25) is 0 Å². The smallest absolute Gasteiger partial charge is 0.400 e. The number of benzene rings is 2. The molecular formula is C26H28F6O2. The average molecular weight is 486 g/mol. The number of rotatable bonds is 7. The van der Waals surface area contributed by atoms with Crippen LogP contribution in [-0.4, -0.2) is 12.7 Å². The molecule has 0 N–H and O–H groups in total. The Morgan fingerprint density at radius 3 is 1.88 bits per heavy atom. The lowest BCUT2D eigenvalue weighted by Gasteiger charge is -2.34. The zero-order chi connectivity index (χ0) is 24.6. The molecule has 0 amide bonds. The molecular weight excluding hydrogens is 458 g/mol. The summed E-state index contributed by atoms with van der Waals surface area (Å²) in [4.78, 5) is 0. The molecule has 4 rings (SSSR count). The molecule has 2 aliphatic rings. The fourth-order valence-electron chi connectivity index (χ4n) is 5.22. The Labute approximate surface area is 195 Å². The van der Waals surface area contributed by atoms with Crippen LogP contribution in [0.1, 0.15) is 75.8 Å². The van der Waals surface area contributed by atoms with Crippen molar-refractivity contribution in [3.8, 4) is 22.6 Å². The third-order valence-electron chi connectivity index (χ3n) is 6.95. The maximum absolute atomic E-state index is 15.2. The van der Waals surface area contributed by atoms with Crippen LogP contribution in [0.15, 0.2) is 24.3 Å². The Balaban J connectivity index is 1.64. The van der Waals surface area contributed by atoms with E-state index >= 15 is 8.78 Å². The van der Waals surface area contributed by atoms with Gasteiger partial charge in [0.2, 0.25) is 0 Å². The van der Waals surface area contributed by atoms with Gasteiger partial charge in [-0.15, -0.1) is 0 Å². The lowest BCUT2D eigenvalue weighted by atomic mass is 9.79. The summed E-state index contributed by atoms with van der Waals surface area (Å²) in [6.07, 6.45) is -5.01. The van der Waals surface area contributed by atoms with Crippen LogP contribution in [0, 0.1) is 23.5 Å². The van der Waals surface area contributed by atoms with E-state index in [0.717, 1.165) is 18.9 Å². The molecule has 186 valence electrons. The van der Waals surface area contributed by atoms with Crippen molar-refractivity contribution in [2.24, 2.45) is 11.8 Å². The first-order valence-corrected chi connectivity index (χ1v) is 11.8. The Morgan fingerprint density at radius 2 is 1.35 bits per heavy atom. The van der Waals surface area contributed by atoms with Gasteiger partial charge in [0, 0.05) is 11.1 Å². The van der Waals surface area contributed by atoms with Gasteiger partial charge in [-0.05, 0) is 61.8 Å². The molecule has 0 aliphatic heterocycles. The van der Waals surface area contributed by atoms with Crippen LogP contribution in [0.25, 0.3) is 11.1 Å². The van der Waals surface area contributed by atoms with Crippen molar-refractivity contribution < 1.29 is 35.8 Å². The number of halogens is 6. The highest BCUT2D eigenvalue weighted by atomic mass is 19.3. The molecule has 1 fully saturated rings. The lowest BCUT2D eigenvalue weighted by Crippen LogP contribution is -2.37. The van der Waals surface area contributed by atoms with Gasteiger partial charge in [-0.1, -0.05) is 31.9 Å². The van der Waals surface area contributed by atoms with Crippen LogP contribution >= 0.6 is 0 Å². The normalized spacial score (nSPS) is 24.4. The van der Waals surface area contributed by atoms with E-state index < -0.39 is 52.9 Å². The van der Waals surface area contributed by atoms with Gasteiger partial charge in [0.05, 0.1) is 12.5 Å². The van der Waals surface area contributed by atoms with Crippen molar-refractivity contribution in [1.82, 2.24) is 0 Å². The monoisotopic (exact) mass is 486 g/mol. The van der Waals surface area contributed by atoms with Crippen molar-refractivity contribution in [2.75, 3.05) is 6.61 Å². The van der Waals surface area contributed by atoms with E-state index in [0.29, 0.717) is 18.8 Å². The van der Waals surface area contributed by atoms with Gasteiger partial charge in [0.15, 0.2) is 35.5 Å². The maximum Gasteiger partial charge on any atom is 0.400 e. The Bertz CT molecular complexity index is 1030. The van der Waals surface area contributed by atoms with Gasteiger partial charge in [-0.2, -0.15) is 8.78 Å². The Morgan fingerprint density at radius 1 is 0.824 bits per heavy atom. The summed E-state index contributed by atoms with van der Waals surface area (Å²) in [6.45, 7) is 3.78. The summed E-state index contributed by atoms with van der Waals surface area (Å²) in [7, 11) is 0. The first kappa shape index (κ1) is 24.7.